The number of likely N-dealkylation sites (tertiary alicyclic amines) is 1. The molecule has 1 saturated heterocycles. The van der Waals surface area contributed by atoms with Gasteiger partial charge in [-0.25, -0.2) is 4.39 Å². The van der Waals surface area contributed by atoms with Crippen molar-refractivity contribution in [2.45, 2.75) is 63.7 Å². The topological polar surface area (TPSA) is 91.7 Å². The van der Waals surface area contributed by atoms with Crippen molar-refractivity contribution in [2.24, 2.45) is 0 Å². The second kappa shape index (κ2) is 9.20. The fourth-order valence-electron chi connectivity index (χ4n) is 4.86. The molecule has 1 saturated carbocycles. The van der Waals surface area contributed by atoms with Crippen LogP contribution >= 0.6 is 0 Å². The summed E-state index contributed by atoms with van der Waals surface area (Å²) < 4.78 is 15.1. The Morgan fingerprint density at radius 1 is 1.16 bits per heavy atom. The highest BCUT2D eigenvalue weighted by atomic mass is 19.1. The predicted molar refractivity (Wildman–Crippen MR) is 117 cm³/mol. The minimum absolute atomic E-state index is 0.131. The van der Waals surface area contributed by atoms with E-state index >= 15 is 0 Å². The molecule has 3 aromatic rings. The standard InChI is InChI=1S/C23H28FN7O/c24-18-9-7-16(8-10-18)22-17(12-25-28-22)13-30-11-3-6-20(30)14-31-15-21(27-29-31)23(32)26-19-4-1-2-5-19/h7-10,12,15,19-20H,1-6,11,13-14H2,(H,25,28)(H,26,32)/t20-/m0/s1. The molecule has 0 radical (unpaired) electrons. The minimum atomic E-state index is -0.251. The average Bonchev–Trinajstić information content (AvgIpc) is 3.58. The van der Waals surface area contributed by atoms with E-state index in [0.29, 0.717) is 18.3 Å². The largest absolute Gasteiger partial charge is 0.348 e. The van der Waals surface area contributed by atoms with Gasteiger partial charge in [-0.1, -0.05) is 18.1 Å². The van der Waals surface area contributed by atoms with E-state index in [2.05, 4.69) is 30.7 Å². The number of amides is 1. The zero-order valence-electron chi connectivity index (χ0n) is 18.0. The molecule has 2 aromatic heterocycles. The van der Waals surface area contributed by atoms with Crippen LogP contribution in [0.25, 0.3) is 11.3 Å². The highest BCUT2D eigenvalue weighted by Crippen LogP contribution is 2.27. The van der Waals surface area contributed by atoms with E-state index in [0.717, 1.165) is 55.6 Å². The second-order valence-electron chi connectivity index (χ2n) is 8.82. The molecule has 2 N–H and O–H groups in total. The lowest BCUT2D eigenvalue weighted by Crippen LogP contribution is -2.33. The molecule has 2 aliphatic rings. The van der Waals surface area contributed by atoms with Gasteiger partial charge in [0.05, 0.1) is 24.6 Å². The van der Waals surface area contributed by atoms with Crippen molar-refractivity contribution >= 4 is 5.91 Å². The predicted octanol–water partition coefficient (Wildman–Crippen LogP) is 3.14. The van der Waals surface area contributed by atoms with Crippen molar-refractivity contribution in [1.29, 1.82) is 0 Å². The molecule has 1 aliphatic heterocycles. The summed E-state index contributed by atoms with van der Waals surface area (Å²) in [6.07, 6.45) is 10.2. The molecule has 3 heterocycles. The summed E-state index contributed by atoms with van der Waals surface area (Å²) in [4.78, 5) is 14.9. The number of rotatable bonds is 7. The van der Waals surface area contributed by atoms with Gasteiger partial charge in [-0.05, 0) is 56.5 Å². The van der Waals surface area contributed by atoms with Crippen LogP contribution in [0.3, 0.4) is 0 Å². The number of benzene rings is 1. The zero-order valence-corrected chi connectivity index (χ0v) is 18.0. The third-order valence-corrected chi connectivity index (χ3v) is 6.58. The fourth-order valence-corrected chi connectivity index (χ4v) is 4.86. The first-order valence-corrected chi connectivity index (χ1v) is 11.4. The van der Waals surface area contributed by atoms with Crippen LogP contribution in [-0.2, 0) is 13.1 Å². The van der Waals surface area contributed by atoms with Crippen LogP contribution in [0.15, 0.2) is 36.7 Å². The Morgan fingerprint density at radius 3 is 2.78 bits per heavy atom. The summed E-state index contributed by atoms with van der Waals surface area (Å²) in [5.74, 6) is -0.382. The van der Waals surface area contributed by atoms with Gasteiger partial charge in [0.1, 0.15) is 5.82 Å². The summed E-state index contributed by atoms with van der Waals surface area (Å²) >= 11 is 0. The van der Waals surface area contributed by atoms with Gasteiger partial charge >= 0.3 is 0 Å². The number of aromatic amines is 1. The van der Waals surface area contributed by atoms with Gasteiger partial charge in [0.15, 0.2) is 5.69 Å². The first kappa shape index (κ1) is 20.8. The lowest BCUT2D eigenvalue weighted by molar-refractivity contribution is 0.0932. The van der Waals surface area contributed by atoms with Gasteiger partial charge < -0.3 is 5.32 Å². The van der Waals surface area contributed by atoms with Gasteiger partial charge in [0.2, 0.25) is 0 Å². The Balaban J connectivity index is 1.23. The van der Waals surface area contributed by atoms with Crippen LogP contribution in [-0.4, -0.2) is 54.6 Å². The first-order chi connectivity index (χ1) is 15.7. The molecule has 9 heteroatoms. The maximum Gasteiger partial charge on any atom is 0.273 e. The molecule has 8 nitrogen and oxygen atoms in total. The summed E-state index contributed by atoms with van der Waals surface area (Å²) in [5, 5.41) is 18.6. The van der Waals surface area contributed by atoms with E-state index in [-0.39, 0.29) is 17.8 Å². The minimum Gasteiger partial charge on any atom is -0.348 e. The maximum atomic E-state index is 13.3. The van der Waals surface area contributed by atoms with E-state index in [1.807, 2.05) is 6.20 Å². The molecule has 32 heavy (non-hydrogen) atoms. The molecule has 0 bridgehead atoms. The third kappa shape index (κ3) is 4.57. The summed E-state index contributed by atoms with van der Waals surface area (Å²) in [7, 11) is 0. The average molecular weight is 438 g/mol. The smallest absolute Gasteiger partial charge is 0.273 e. The van der Waals surface area contributed by atoms with Crippen molar-refractivity contribution in [3.05, 3.63) is 53.7 Å². The Labute approximate surface area is 186 Å². The molecule has 1 amide bonds. The Morgan fingerprint density at radius 2 is 1.97 bits per heavy atom. The molecule has 1 atom stereocenters. The lowest BCUT2D eigenvalue weighted by Gasteiger charge is -2.24. The fraction of sp³-hybridized carbons (Fsp3) is 0.478. The van der Waals surface area contributed by atoms with Crippen molar-refractivity contribution < 1.29 is 9.18 Å². The Bertz CT molecular complexity index is 1050. The van der Waals surface area contributed by atoms with E-state index in [1.165, 1.54) is 25.0 Å². The maximum absolute atomic E-state index is 13.3. The molecule has 0 unspecified atom stereocenters. The van der Waals surface area contributed by atoms with Gasteiger partial charge in [0, 0.05) is 29.8 Å². The molecular formula is C23H28FN7O. The van der Waals surface area contributed by atoms with Crippen LogP contribution in [0.5, 0.6) is 0 Å². The molecule has 5 rings (SSSR count). The van der Waals surface area contributed by atoms with E-state index < -0.39 is 0 Å². The number of aromatic nitrogens is 5. The quantitative estimate of drug-likeness (QED) is 0.593. The number of carbonyl (C=O) groups excluding carboxylic acids is 1. The third-order valence-electron chi connectivity index (χ3n) is 6.58. The molecule has 168 valence electrons. The highest BCUT2D eigenvalue weighted by Gasteiger charge is 2.27. The lowest BCUT2D eigenvalue weighted by atomic mass is 10.1. The number of hydrogen-bond donors (Lipinski definition) is 2. The van der Waals surface area contributed by atoms with E-state index in [9.17, 15) is 9.18 Å². The number of carbonyl (C=O) groups is 1. The van der Waals surface area contributed by atoms with Gasteiger partial charge in [0.25, 0.3) is 5.91 Å². The SMILES string of the molecule is O=C(NC1CCCC1)c1cn(C[C@@H]2CCCN2Cc2cn[nH]c2-c2ccc(F)cc2)nn1. The number of halogens is 1. The summed E-state index contributed by atoms with van der Waals surface area (Å²) in [6.45, 7) is 2.42. The van der Waals surface area contributed by atoms with Crippen molar-refractivity contribution in [2.75, 3.05) is 6.54 Å². The summed E-state index contributed by atoms with van der Waals surface area (Å²) in [5.41, 5.74) is 3.31. The summed E-state index contributed by atoms with van der Waals surface area (Å²) in [6, 6.07) is 7.03. The first-order valence-electron chi connectivity index (χ1n) is 11.4. The van der Waals surface area contributed by atoms with Crippen LogP contribution in [0.2, 0.25) is 0 Å². The van der Waals surface area contributed by atoms with Crippen LogP contribution in [0.1, 0.15) is 54.6 Å². The van der Waals surface area contributed by atoms with Gasteiger partial charge in [-0.15, -0.1) is 5.10 Å². The molecule has 1 aliphatic carbocycles. The highest BCUT2D eigenvalue weighted by molar-refractivity contribution is 5.92. The Kier molecular flexibility index (Phi) is 5.98. The number of nitrogens with zero attached hydrogens (tertiary/aromatic N) is 5. The monoisotopic (exact) mass is 437 g/mol. The van der Waals surface area contributed by atoms with Gasteiger partial charge in [-0.3, -0.25) is 19.5 Å². The van der Waals surface area contributed by atoms with Crippen LogP contribution < -0.4 is 5.32 Å². The number of H-pyrrole nitrogens is 1. The molecule has 1 aromatic carbocycles. The van der Waals surface area contributed by atoms with E-state index in [1.54, 1.807) is 23.0 Å². The van der Waals surface area contributed by atoms with Gasteiger partial charge in [-0.2, -0.15) is 5.10 Å². The van der Waals surface area contributed by atoms with Crippen LogP contribution in [0, 0.1) is 5.82 Å². The molecule has 0 spiro atoms. The van der Waals surface area contributed by atoms with Crippen LogP contribution in [0.4, 0.5) is 4.39 Å². The Hall–Kier alpha value is -3.07. The van der Waals surface area contributed by atoms with Crippen molar-refractivity contribution in [1.82, 2.24) is 35.4 Å². The normalized spacial score (nSPS) is 19.6. The molecule has 2 fully saturated rings. The van der Waals surface area contributed by atoms with E-state index in [4.69, 9.17) is 0 Å². The zero-order chi connectivity index (χ0) is 21.9. The van der Waals surface area contributed by atoms with Crippen molar-refractivity contribution in [3.8, 4) is 11.3 Å². The van der Waals surface area contributed by atoms with Crippen molar-refractivity contribution in [3.63, 3.8) is 0 Å². The number of hydrogen-bond acceptors (Lipinski definition) is 5. The number of nitrogens with one attached hydrogen (secondary N) is 2. The second-order valence-corrected chi connectivity index (χ2v) is 8.82. The molecular weight excluding hydrogens is 409 g/mol.